The van der Waals surface area contributed by atoms with E-state index in [0.29, 0.717) is 19.3 Å². The summed E-state index contributed by atoms with van der Waals surface area (Å²) in [5, 5.41) is -0.283. The molecule has 15 heavy (non-hydrogen) atoms. The van der Waals surface area contributed by atoms with Crippen LogP contribution in [0.5, 0.6) is 0 Å². The molecule has 0 aromatic carbocycles. The number of sulfone groups is 1. The Bertz CT molecular complexity index is 291. The van der Waals surface area contributed by atoms with Crippen LogP contribution in [0.1, 0.15) is 47.0 Å². The number of carbonyl (C=O) groups excluding carboxylic acids is 1. The van der Waals surface area contributed by atoms with E-state index in [9.17, 15) is 13.2 Å². The first kappa shape index (κ1) is 14.6. The number of Topliss-reactive ketones (excluding diaryl/α,β-unsaturated/α-hetero) is 1. The van der Waals surface area contributed by atoms with Crippen molar-refractivity contribution >= 4 is 15.6 Å². The fourth-order valence-corrected chi connectivity index (χ4v) is 3.09. The zero-order valence-electron chi connectivity index (χ0n) is 10.1. The summed E-state index contributed by atoms with van der Waals surface area (Å²) in [5.41, 5.74) is 0. The van der Waals surface area contributed by atoms with Crippen LogP contribution in [-0.4, -0.2) is 25.2 Å². The molecule has 0 N–H and O–H groups in total. The number of ketones is 1. The second-order valence-corrected chi connectivity index (χ2v) is 6.95. The minimum absolute atomic E-state index is 0.129. The average Bonchev–Trinajstić information content (AvgIpc) is 2.10. The van der Waals surface area contributed by atoms with Gasteiger partial charge in [-0.1, -0.05) is 13.8 Å². The maximum atomic E-state index is 11.7. The van der Waals surface area contributed by atoms with Gasteiger partial charge in [-0.15, -0.1) is 0 Å². The van der Waals surface area contributed by atoms with Crippen LogP contribution in [0.15, 0.2) is 0 Å². The predicted molar refractivity (Wildman–Crippen MR) is 62.6 cm³/mol. The summed E-state index contributed by atoms with van der Waals surface area (Å²) < 4.78 is 23.5. The SMILES string of the molecule is CC(=O)CCCCS(=O)(=O)C(C)C(C)C. The molecule has 0 bridgehead atoms. The molecular formula is C11H22O3S. The third-order valence-electron chi connectivity index (χ3n) is 2.71. The Morgan fingerprint density at radius 3 is 2.07 bits per heavy atom. The smallest absolute Gasteiger partial charge is 0.153 e. The van der Waals surface area contributed by atoms with Crippen LogP contribution in [-0.2, 0) is 14.6 Å². The maximum Gasteiger partial charge on any atom is 0.153 e. The molecule has 90 valence electrons. The molecule has 0 aromatic heterocycles. The lowest BCUT2D eigenvalue weighted by molar-refractivity contribution is -0.117. The van der Waals surface area contributed by atoms with Crippen LogP contribution in [0.25, 0.3) is 0 Å². The summed E-state index contributed by atoms with van der Waals surface area (Å²) in [6.07, 6.45) is 1.77. The largest absolute Gasteiger partial charge is 0.300 e. The molecule has 0 saturated heterocycles. The fraction of sp³-hybridized carbons (Fsp3) is 0.909. The first-order valence-electron chi connectivity index (χ1n) is 5.48. The molecule has 0 aliphatic carbocycles. The second-order valence-electron chi connectivity index (χ2n) is 4.48. The quantitative estimate of drug-likeness (QED) is 0.635. The zero-order valence-corrected chi connectivity index (χ0v) is 10.9. The molecule has 0 amide bonds. The van der Waals surface area contributed by atoms with Gasteiger partial charge in [-0.25, -0.2) is 8.42 Å². The van der Waals surface area contributed by atoms with Gasteiger partial charge in [0.2, 0.25) is 0 Å². The number of hydrogen-bond acceptors (Lipinski definition) is 3. The highest BCUT2D eigenvalue weighted by atomic mass is 32.2. The van der Waals surface area contributed by atoms with Crippen LogP contribution in [0.2, 0.25) is 0 Å². The van der Waals surface area contributed by atoms with Crippen molar-refractivity contribution in [3.8, 4) is 0 Å². The lowest BCUT2D eigenvalue weighted by atomic mass is 10.2. The summed E-state index contributed by atoms with van der Waals surface area (Å²) in [6, 6.07) is 0. The Kier molecular flexibility index (Phi) is 6.10. The van der Waals surface area contributed by atoms with Crippen molar-refractivity contribution in [1.82, 2.24) is 0 Å². The van der Waals surface area contributed by atoms with Gasteiger partial charge in [0.25, 0.3) is 0 Å². The molecular weight excluding hydrogens is 212 g/mol. The van der Waals surface area contributed by atoms with E-state index in [4.69, 9.17) is 0 Å². The van der Waals surface area contributed by atoms with E-state index in [-0.39, 0.29) is 22.7 Å². The van der Waals surface area contributed by atoms with Gasteiger partial charge < -0.3 is 4.79 Å². The van der Waals surface area contributed by atoms with Crippen molar-refractivity contribution in [3.63, 3.8) is 0 Å². The normalized spacial score (nSPS) is 14.2. The average molecular weight is 234 g/mol. The van der Waals surface area contributed by atoms with Crippen molar-refractivity contribution in [1.29, 1.82) is 0 Å². The molecule has 3 nitrogen and oxygen atoms in total. The van der Waals surface area contributed by atoms with E-state index >= 15 is 0 Å². The third-order valence-corrected chi connectivity index (χ3v) is 5.25. The summed E-state index contributed by atoms with van der Waals surface area (Å²) in [6.45, 7) is 7.12. The van der Waals surface area contributed by atoms with Gasteiger partial charge in [-0.3, -0.25) is 0 Å². The van der Waals surface area contributed by atoms with Gasteiger partial charge in [0, 0.05) is 6.42 Å². The Balaban J connectivity index is 4.00. The van der Waals surface area contributed by atoms with E-state index in [1.165, 1.54) is 6.92 Å². The van der Waals surface area contributed by atoms with Crippen molar-refractivity contribution in [2.24, 2.45) is 5.92 Å². The van der Waals surface area contributed by atoms with Crippen LogP contribution < -0.4 is 0 Å². The Hall–Kier alpha value is -0.380. The summed E-state index contributed by atoms with van der Waals surface area (Å²) in [5.74, 6) is 0.492. The van der Waals surface area contributed by atoms with Crippen molar-refractivity contribution < 1.29 is 13.2 Å². The molecule has 0 spiro atoms. The first-order valence-corrected chi connectivity index (χ1v) is 7.20. The molecule has 0 aliphatic heterocycles. The number of carbonyl (C=O) groups is 1. The van der Waals surface area contributed by atoms with E-state index in [2.05, 4.69) is 0 Å². The molecule has 0 fully saturated rings. The second kappa shape index (κ2) is 6.26. The van der Waals surface area contributed by atoms with Gasteiger partial charge in [0.1, 0.15) is 5.78 Å². The minimum Gasteiger partial charge on any atom is -0.300 e. The van der Waals surface area contributed by atoms with Gasteiger partial charge in [0.05, 0.1) is 11.0 Å². The van der Waals surface area contributed by atoms with Gasteiger partial charge >= 0.3 is 0 Å². The van der Waals surface area contributed by atoms with Crippen molar-refractivity contribution in [2.75, 3.05) is 5.75 Å². The monoisotopic (exact) mass is 234 g/mol. The Morgan fingerprint density at radius 2 is 1.67 bits per heavy atom. The van der Waals surface area contributed by atoms with E-state index in [1.807, 2.05) is 13.8 Å². The minimum atomic E-state index is -2.97. The van der Waals surface area contributed by atoms with Crippen LogP contribution in [0.4, 0.5) is 0 Å². The van der Waals surface area contributed by atoms with E-state index < -0.39 is 9.84 Å². The van der Waals surface area contributed by atoms with Gasteiger partial charge in [-0.2, -0.15) is 0 Å². The van der Waals surface area contributed by atoms with E-state index in [1.54, 1.807) is 6.92 Å². The molecule has 0 aliphatic rings. The number of unbranched alkanes of at least 4 members (excludes halogenated alkanes) is 1. The van der Waals surface area contributed by atoms with Crippen LogP contribution in [0.3, 0.4) is 0 Å². The van der Waals surface area contributed by atoms with Crippen LogP contribution >= 0.6 is 0 Å². The molecule has 1 unspecified atom stereocenters. The van der Waals surface area contributed by atoms with Crippen LogP contribution in [0, 0.1) is 5.92 Å². The number of hydrogen-bond donors (Lipinski definition) is 0. The molecule has 0 heterocycles. The molecule has 1 atom stereocenters. The highest BCUT2D eigenvalue weighted by Gasteiger charge is 2.22. The lowest BCUT2D eigenvalue weighted by Crippen LogP contribution is -2.26. The summed E-state index contributed by atoms with van der Waals surface area (Å²) in [4.78, 5) is 10.7. The zero-order chi connectivity index (χ0) is 12.1. The summed E-state index contributed by atoms with van der Waals surface area (Å²) in [7, 11) is -2.97. The Morgan fingerprint density at radius 1 is 1.13 bits per heavy atom. The summed E-state index contributed by atoms with van der Waals surface area (Å²) >= 11 is 0. The Labute approximate surface area is 93.2 Å². The lowest BCUT2D eigenvalue weighted by Gasteiger charge is -2.15. The van der Waals surface area contributed by atoms with Gasteiger partial charge in [0.15, 0.2) is 9.84 Å². The van der Waals surface area contributed by atoms with Crippen molar-refractivity contribution in [2.45, 2.75) is 52.2 Å². The van der Waals surface area contributed by atoms with Crippen molar-refractivity contribution in [3.05, 3.63) is 0 Å². The topological polar surface area (TPSA) is 51.2 Å². The third kappa shape index (κ3) is 5.92. The number of rotatable bonds is 7. The first-order chi connectivity index (χ1) is 6.77. The molecule has 0 saturated carbocycles. The highest BCUT2D eigenvalue weighted by Crippen LogP contribution is 2.14. The molecule has 4 heteroatoms. The highest BCUT2D eigenvalue weighted by molar-refractivity contribution is 7.92. The van der Waals surface area contributed by atoms with Gasteiger partial charge in [-0.05, 0) is 32.6 Å². The molecule has 0 aromatic rings. The van der Waals surface area contributed by atoms with E-state index in [0.717, 1.165) is 0 Å². The standard InChI is InChI=1S/C11H22O3S/c1-9(2)11(4)15(13,14)8-6-5-7-10(3)12/h9,11H,5-8H2,1-4H3. The fourth-order valence-electron chi connectivity index (χ4n) is 1.28. The molecule has 0 rings (SSSR count). The molecule has 0 radical (unpaired) electrons. The maximum absolute atomic E-state index is 11.7. The predicted octanol–water partition coefficient (Wildman–Crippen LogP) is 2.21.